The van der Waals surface area contributed by atoms with Crippen LogP contribution in [0.25, 0.3) is 5.69 Å². The summed E-state index contributed by atoms with van der Waals surface area (Å²) in [7, 11) is 1.36. The summed E-state index contributed by atoms with van der Waals surface area (Å²) < 4.78 is 11.9. The van der Waals surface area contributed by atoms with Crippen molar-refractivity contribution in [3.63, 3.8) is 0 Å². The average molecular weight is 315 g/mol. The molecule has 2 aromatic rings. The third-order valence-corrected chi connectivity index (χ3v) is 4.25. The molecule has 0 aliphatic carbocycles. The van der Waals surface area contributed by atoms with Crippen molar-refractivity contribution < 1.29 is 14.3 Å². The van der Waals surface area contributed by atoms with Crippen molar-refractivity contribution in [2.45, 2.75) is 25.7 Å². The number of aryl methyl sites for hydroxylation is 1. The molecule has 0 amide bonds. The number of rotatable bonds is 3. The molecule has 3 rings (SSSR count). The lowest BCUT2D eigenvalue weighted by molar-refractivity contribution is 0.0585. The van der Waals surface area contributed by atoms with E-state index in [-0.39, 0.29) is 5.92 Å². The van der Waals surface area contributed by atoms with E-state index in [1.54, 1.807) is 4.68 Å². The van der Waals surface area contributed by atoms with Crippen LogP contribution in [-0.4, -0.2) is 36.1 Å². The number of carbonyl (C=O) groups is 1. The van der Waals surface area contributed by atoms with Gasteiger partial charge in [-0.1, -0.05) is 17.7 Å². The van der Waals surface area contributed by atoms with Gasteiger partial charge >= 0.3 is 5.97 Å². The Hall–Kier alpha value is -2.34. The fourth-order valence-electron chi connectivity index (χ4n) is 2.96. The molecule has 1 aromatic carbocycles. The number of hydrogen-bond donors (Lipinski definition) is 1. The van der Waals surface area contributed by atoms with Gasteiger partial charge in [0.1, 0.15) is 5.82 Å². The highest BCUT2D eigenvalue weighted by molar-refractivity contribution is 5.91. The summed E-state index contributed by atoms with van der Waals surface area (Å²) in [5.74, 6) is 0.210. The Balaban J connectivity index is 2.09. The molecule has 1 fully saturated rings. The predicted molar refractivity (Wildman–Crippen MR) is 86.8 cm³/mol. The molecular weight excluding hydrogens is 294 g/mol. The molecule has 1 aromatic heterocycles. The molecule has 0 unspecified atom stereocenters. The summed E-state index contributed by atoms with van der Waals surface area (Å²) in [5.41, 5.74) is 9.41. The second-order valence-corrected chi connectivity index (χ2v) is 5.77. The van der Waals surface area contributed by atoms with E-state index in [0.717, 1.165) is 29.7 Å². The number of carbonyl (C=O) groups excluding carboxylic acids is 1. The van der Waals surface area contributed by atoms with Gasteiger partial charge in [-0.2, -0.15) is 5.10 Å². The van der Waals surface area contributed by atoms with Crippen LogP contribution in [0.1, 0.15) is 40.4 Å². The number of aromatic nitrogens is 2. The SMILES string of the molecule is COC(=O)c1nn(-c2ccc(C)cc2)c(N)c1C1CCOCC1. The number of nitrogens with zero attached hydrogens (tertiary/aromatic N) is 2. The number of hydrogen-bond acceptors (Lipinski definition) is 5. The van der Waals surface area contributed by atoms with Crippen LogP contribution >= 0.6 is 0 Å². The predicted octanol–water partition coefficient (Wildman–Crippen LogP) is 2.44. The van der Waals surface area contributed by atoms with Gasteiger partial charge in [0.25, 0.3) is 0 Å². The van der Waals surface area contributed by atoms with Gasteiger partial charge in [0.2, 0.25) is 0 Å². The number of nitrogen functional groups attached to an aromatic ring is 1. The Morgan fingerprint density at radius 1 is 1.30 bits per heavy atom. The molecule has 0 saturated carbocycles. The molecule has 0 radical (unpaired) electrons. The third kappa shape index (κ3) is 2.94. The largest absolute Gasteiger partial charge is 0.464 e. The molecule has 1 aliphatic heterocycles. The van der Waals surface area contributed by atoms with Crippen LogP contribution in [0.15, 0.2) is 24.3 Å². The number of anilines is 1. The normalized spacial score (nSPS) is 15.6. The number of esters is 1. The first-order valence-electron chi connectivity index (χ1n) is 7.73. The van der Waals surface area contributed by atoms with E-state index in [2.05, 4.69) is 5.10 Å². The average Bonchev–Trinajstić information content (AvgIpc) is 2.93. The quantitative estimate of drug-likeness (QED) is 0.880. The molecule has 1 saturated heterocycles. The molecule has 0 spiro atoms. The summed E-state index contributed by atoms with van der Waals surface area (Å²) >= 11 is 0. The van der Waals surface area contributed by atoms with E-state index in [4.69, 9.17) is 15.2 Å². The molecule has 2 N–H and O–H groups in total. The van der Waals surface area contributed by atoms with Crippen molar-refractivity contribution in [3.8, 4) is 5.69 Å². The van der Waals surface area contributed by atoms with Crippen molar-refractivity contribution in [2.75, 3.05) is 26.1 Å². The number of benzene rings is 1. The highest BCUT2D eigenvalue weighted by Gasteiger charge is 2.29. The first-order chi connectivity index (χ1) is 11.1. The van der Waals surface area contributed by atoms with E-state index in [9.17, 15) is 4.79 Å². The van der Waals surface area contributed by atoms with Crippen LogP contribution < -0.4 is 5.73 Å². The van der Waals surface area contributed by atoms with E-state index in [0.29, 0.717) is 24.7 Å². The van der Waals surface area contributed by atoms with Crippen molar-refractivity contribution in [2.24, 2.45) is 0 Å². The van der Waals surface area contributed by atoms with Crippen LogP contribution in [0.4, 0.5) is 5.82 Å². The smallest absolute Gasteiger partial charge is 0.358 e. The molecule has 6 heteroatoms. The lowest BCUT2D eigenvalue weighted by atomic mass is 9.91. The second kappa shape index (κ2) is 6.42. The summed E-state index contributed by atoms with van der Waals surface area (Å²) in [4.78, 5) is 12.1. The van der Waals surface area contributed by atoms with Crippen LogP contribution in [0.2, 0.25) is 0 Å². The van der Waals surface area contributed by atoms with Crippen LogP contribution in [-0.2, 0) is 9.47 Å². The highest BCUT2D eigenvalue weighted by atomic mass is 16.5. The van der Waals surface area contributed by atoms with Gasteiger partial charge in [0.05, 0.1) is 12.8 Å². The highest BCUT2D eigenvalue weighted by Crippen LogP contribution is 2.35. The molecule has 23 heavy (non-hydrogen) atoms. The maximum atomic E-state index is 12.1. The Bertz CT molecular complexity index is 701. The van der Waals surface area contributed by atoms with Gasteiger partial charge in [0.15, 0.2) is 5.69 Å². The molecular formula is C17H21N3O3. The maximum Gasteiger partial charge on any atom is 0.358 e. The van der Waals surface area contributed by atoms with Crippen LogP contribution in [0.5, 0.6) is 0 Å². The van der Waals surface area contributed by atoms with Gasteiger partial charge in [-0.25, -0.2) is 9.48 Å². The first kappa shape index (κ1) is 15.6. The Morgan fingerprint density at radius 2 is 1.96 bits per heavy atom. The molecule has 122 valence electrons. The fourth-order valence-corrected chi connectivity index (χ4v) is 2.96. The minimum absolute atomic E-state index is 0.164. The zero-order valence-electron chi connectivity index (χ0n) is 13.4. The van der Waals surface area contributed by atoms with Crippen LogP contribution in [0, 0.1) is 6.92 Å². The Morgan fingerprint density at radius 3 is 2.57 bits per heavy atom. The van der Waals surface area contributed by atoms with E-state index in [1.807, 2.05) is 31.2 Å². The first-order valence-corrected chi connectivity index (χ1v) is 7.73. The number of methoxy groups -OCH3 is 1. The summed E-state index contributed by atoms with van der Waals surface area (Å²) in [6.07, 6.45) is 1.65. The monoisotopic (exact) mass is 315 g/mol. The van der Waals surface area contributed by atoms with Gasteiger partial charge in [-0.3, -0.25) is 0 Å². The fraction of sp³-hybridized carbons (Fsp3) is 0.412. The van der Waals surface area contributed by atoms with Gasteiger partial charge in [-0.15, -0.1) is 0 Å². The van der Waals surface area contributed by atoms with E-state index < -0.39 is 5.97 Å². The van der Waals surface area contributed by atoms with Crippen molar-refractivity contribution in [1.82, 2.24) is 9.78 Å². The molecule has 6 nitrogen and oxygen atoms in total. The molecule has 0 bridgehead atoms. The maximum absolute atomic E-state index is 12.1. The molecule has 0 atom stereocenters. The van der Waals surface area contributed by atoms with E-state index >= 15 is 0 Å². The summed E-state index contributed by atoms with van der Waals surface area (Å²) in [6, 6.07) is 7.85. The minimum atomic E-state index is -0.455. The third-order valence-electron chi connectivity index (χ3n) is 4.25. The minimum Gasteiger partial charge on any atom is -0.464 e. The van der Waals surface area contributed by atoms with Crippen LogP contribution in [0.3, 0.4) is 0 Å². The topological polar surface area (TPSA) is 79.4 Å². The van der Waals surface area contributed by atoms with Crippen molar-refractivity contribution >= 4 is 11.8 Å². The second-order valence-electron chi connectivity index (χ2n) is 5.77. The molecule has 2 heterocycles. The van der Waals surface area contributed by atoms with Gasteiger partial charge < -0.3 is 15.2 Å². The zero-order chi connectivity index (χ0) is 16.4. The van der Waals surface area contributed by atoms with E-state index in [1.165, 1.54) is 7.11 Å². The standard InChI is InChI=1S/C17H21N3O3/c1-11-3-5-13(6-4-11)20-16(18)14(12-7-9-23-10-8-12)15(19-20)17(21)22-2/h3-6,12H,7-10,18H2,1-2H3. The Labute approximate surface area is 135 Å². The Kier molecular flexibility index (Phi) is 4.34. The van der Waals surface area contributed by atoms with Gasteiger partial charge in [0, 0.05) is 18.8 Å². The summed E-state index contributed by atoms with van der Waals surface area (Å²) in [5, 5.41) is 4.43. The van der Waals surface area contributed by atoms with Crippen molar-refractivity contribution in [1.29, 1.82) is 0 Å². The molecule has 1 aliphatic rings. The number of nitrogens with two attached hydrogens (primary N) is 1. The summed E-state index contributed by atoms with van der Waals surface area (Å²) in [6.45, 7) is 3.35. The zero-order valence-corrected chi connectivity index (χ0v) is 13.4. The lowest BCUT2D eigenvalue weighted by Gasteiger charge is -2.22. The lowest BCUT2D eigenvalue weighted by Crippen LogP contribution is -2.17. The number of ether oxygens (including phenoxy) is 2. The van der Waals surface area contributed by atoms with Gasteiger partial charge in [-0.05, 0) is 37.8 Å². The van der Waals surface area contributed by atoms with Crippen molar-refractivity contribution in [3.05, 3.63) is 41.1 Å².